The molecule has 0 aromatic carbocycles. The number of nitriles is 1. The number of rotatable bonds is 3. The molecule has 0 bridgehead atoms. The zero-order valence-corrected chi connectivity index (χ0v) is 5.88. The van der Waals surface area contributed by atoms with Crippen LogP contribution in [0.5, 0.6) is 0 Å². The zero-order chi connectivity index (χ0) is 7.98. The van der Waals surface area contributed by atoms with Gasteiger partial charge in [0.2, 0.25) is 0 Å². The van der Waals surface area contributed by atoms with Gasteiger partial charge in [0.05, 0.1) is 0 Å². The molecule has 0 spiro atoms. The minimum Gasteiger partial charge on any atom is -0.412 e. The Balaban J connectivity index is 3.66. The molecular weight excluding hydrogens is 134 g/mol. The van der Waals surface area contributed by atoms with Gasteiger partial charge in [-0.2, -0.15) is 5.26 Å². The van der Waals surface area contributed by atoms with Crippen molar-refractivity contribution >= 4 is 5.97 Å². The molecule has 0 saturated carbocycles. The molecule has 0 rings (SSSR count). The first kappa shape index (κ1) is 8.92. The average molecular weight is 142 g/mol. The van der Waals surface area contributed by atoms with E-state index < -0.39 is 5.97 Å². The first-order chi connectivity index (χ1) is 4.74. The monoisotopic (exact) mass is 142 g/mol. The first-order valence-corrected chi connectivity index (χ1v) is 2.76. The van der Waals surface area contributed by atoms with Crippen LogP contribution < -0.4 is 0 Å². The Hall–Kier alpha value is -1.08. The molecular formula is C6H8NO3. The summed E-state index contributed by atoms with van der Waals surface area (Å²) in [5.41, 5.74) is 0. The summed E-state index contributed by atoms with van der Waals surface area (Å²) in [4.78, 5) is 10.5. The lowest BCUT2D eigenvalue weighted by molar-refractivity contribution is -0.148. The van der Waals surface area contributed by atoms with Gasteiger partial charge in [-0.1, -0.05) is 6.92 Å². The van der Waals surface area contributed by atoms with Crippen molar-refractivity contribution < 1.29 is 14.3 Å². The van der Waals surface area contributed by atoms with E-state index in [1.165, 1.54) is 7.11 Å². The van der Waals surface area contributed by atoms with Crippen LogP contribution in [0.2, 0.25) is 0 Å². The standard InChI is InChI=1S/C6H8NO3/c1-3-5(8)10-6(4-7)9-2/h3H2,1-2H3. The third-order valence-corrected chi connectivity index (χ3v) is 0.772. The predicted octanol–water partition coefficient (Wildman–Crippen LogP) is 0.599. The smallest absolute Gasteiger partial charge is 0.385 e. The lowest BCUT2D eigenvalue weighted by atomic mass is 10.5. The topological polar surface area (TPSA) is 59.3 Å². The van der Waals surface area contributed by atoms with Crippen molar-refractivity contribution in [2.45, 2.75) is 13.3 Å². The molecule has 0 aliphatic rings. The summed E-state index contributed by atoms with van der Waals surface area (Å²) in [6, 6.07) is 1.57. The fraction of sp³-hybridized carbons (Fsp3) is 0.500. The van der Waals surface area contributed by atoms with Crippen LogP contribution in [0.4, 0.5) is 0 Å². The van der Waals surface area contributed by atoms with E-state index in [9.17, 15) is 4.79 Å². The molecule has 0 unspecified atom stereocenters. The highest BCUT2D eigenvalue weighted by Crippen LogP contribution is 2.01. The summed E-state index contributed by atoms with van der Waals surface area (Å²) in [5.74, 6) is -0.474. The summed E-state index contributed by atoms with van der Waals surface area (Å²) in [5, 5.41) is 8.18. The van der Waals surface area contributed by atoms with E-state index in [-0.39, 0.29) is 12.7 Å². The third-order valence-electron chi connectivity index (χ3n) is 0.772. The Morgan fingerprint density at radius 1 is 1.70 bits per heavy atom. The van der Waals surface area contributed by atoms with E-state index in [0.29, 0.717) is 0 Å². The second-order valence-corrected chi connectivity index (χ2v) is 1.43. The van der Waals surface area contributed by atoms with Gasteiger partial charge in [-0.3, -0.25) is 4.79 Å². The SMILES string of the molecule is CCC(=O)O[C](C#N)OC. The molecule has 0 heterocycles. The van der Waals surface area contributed by atoms with E-state index in [2.05, 4.69) is 9.47 Å². The highest BCUT2D eigenvalue weighted by Gasteiger charge is 2.12. The molecule has 0 aromatic heterocycles. The number of carbonyl (C=O) groups is 1. The molecule has 0 saturated heterocycles. The highest BCUT2D eigenvalue weighted by molar-refractivity contribution is 5.69. The molecule has 0 aliphatic carbocycles. The maximum atomic E-state index is 10.5. The average Bonchev–Trinajstić information content (AvgIpc) is 1.99. The second-order valence-electron chi connectivity index (χ2n) is 1.43. The molecule has 0 amide bonds. The van der Waals surface area contributed by atoms with E-state index in [1.54, 1.807) is 13.0 Å². The minimum absolute atomic E-state index is 0.231. The van der Waals surface area contributed by atoms with Crippen LogP contribution in [0.25, 0.3) is 0 Å². The van der Waals surface area contributed by atoms with Gasteiger partial charge in [-0.15, -0.1) is 0 Å². The molecule has 0 N–H and O–H groups in total. The maximum Gasteiger partial charge on any atom is 0.385 e. The molecule has 4 nitrogen and oxygen atoms in total. The molecule has 0 fully saturated rings. The van der Waals surface area contributed by atoms with Gasteiger partial charge in [-0.25, -0.2) is 0 Å². The summed E-state index contributed by atoms with van der Waals surface area (Å²) in [7, 11) is 1.27. The number of esters is 1. The molecule has 55 valence electrons. The summed E-state index contributed by atoms with van der Waals surface area (Å²) >= 11 is 0. The van der Waals surface area contributed by atoms with Crippen LogP contribution in [0, 0.1) is 17.6 Å². The van der Waals surface area contributed by atoms with Gasteiger partial charge < -0.3 is 9.47 Å². The maximum absolute atomic E-state index is 10.5. The van der Waals surface area contributed by atoms with Crippen molar-refractivity contribution in [1.82, 2.24) is 0 Å². The predicted molar refractivity (Wildman–Crippen MR) is 32.2 cm³/mol. The van der Waals surface area contributed by atoms with Gasteiger partial charge in [0, 0.05) is 13.5 Å². The lowest BCUT2D eigenvalue weighted by Crippen LogP contribution is -2.09. The third kappa shape index (κ3) is 3.05. The van der Waals surface area contributed by atoms with Crippen LogP contribution in [0.3, 0.4) is 0 Å². The van der Waals surface area contributed by atoms with Gasteiger partial charge in [-0.05, 0) is 0 Å². The van der Waals surface area contributed by atoms with E-state index in [1.807, 2.05) is 0 Å². The van der Waals surface area contributed by atoms with Crippen molar-refractivity contribution in [3.63, 3.8) is 0 Å². The van der Waals surface area contributed by atoms with Crippen molar-refractivity contribution in [2.75, 3.05) is 7.11 Å². The Kier molecular flexibility index (Phi) is 4.25. The number of carbonyl (C=O) groups excluding carboxylic acids is 1. The summed E-state index contributed by atoms with van der Waals surface area (Å²) in [6.07, 6.45) is -0.0824. The van der Waals surface area contributed by atoms with Crippen LogP contribution in [-0.4, -0.2) is 13.1 Å². The zero-order valence-electron chi connectivity index (χ0n) is 5.88. The fourth-order valence-corrected chi connectivity index (χ4v) is 0.286. The molecule has 0 atom stereocenters. The Morgan fingerprint density at radius 3 is 2.60 bits per heavy atom. The van der Waals surface area contributed by atoms with E-state index >= 15 is 0 Å². The van der Waals surface area contributed by atoms with Crippen LogP contribution in [-0.2, 0) is 14.3 Å². The van der Waals surface area contributed by atoms with Gasteiger partial charge in [0.1, 0.15) is 0 Å². The van der Waals surface area contributed by atoms with Gasteiger partial charge in [0.25, 0.3) is 0 Å². The molecule has 1 radical (unpaired) electrons. The first-order valence-electron chi connectivity index (χ1n) is 2.76. The number of hydrogen-bond donors (Lipinski definition) is 0. The van der Waals surface area contributed by atoms with E-state index in [4.69, 9.17) is 5.26 Å². The minimum atomic E-state index is -0.474. The molecule has 0 aliphatic heterocycles. The van der Waals surface area contributed by atoms with Crippen LogP contribution in [0.1, 0.15) is 13.3 Å². The summed E-state index contributed by atoms with van der Waals surface area (Å²) < 4.78 is 8.78. The quantitative estimate of drug-likeness (QED) is 0.541. The highest BCUT2D eigenvalue weighted by atomic mass is 16.7. The Bertz CT molecular complexity index is 150. The number of hydrogen-bond acceptors (Lipinski definition) is 4. The van der Waals surface area contributed by atoms with Crippen molar-refractivity contribution in [1.29, 1.82) is 5.26 Å². The van der Waals surface area contributed by atoms with Gasteiger partial charge >= 0.3 is 12.3 Å². The fourth-order valence-electron chi connectivity index (χ4n) is 0.286. The number of methoxy groups -OCH3 is 1. The van der Waals surface area contributed by atoms with Crippen LogP contribution in [0.15, 0.2) is 0 Å². The summed E-state index contributed by atoms with van der Waals surface area (Å²) in [6.45, 7) is 1.63. The molecule has 4 heteroatoms. The molecule has 0 aromatic rings. The van der Waals surface area contributed by atoms with Crippen LogP contribution >= 0.6 is 0 Å². The van der Waals surface area contributed by atoms with Crippen molar-refractivity contribution in [3.05, 3.63) is 6.29 Å². The normalized spacial score (nSPS) is 9.00. The second kappa shape index (κ2) is 4.77. The van der Waals surface area contributed by atoms with Crippen molar-refractivity contribution in [3.8, 4) is 6.07 Å². The lowest BCUT2D eigenvalue weighted by Gasteiger charge is -2.03. The number of ether oxygens (including phenoxy) is 2. The van der Waals surface area contributed by atoms with E-state index in [0.717, 1.165) is 0 Å². The number of nitrogens with zero attached hydrogens (tertiary/aromatic N) is 1. The largest absolute Gasteiger partial charge is 0.412 e. The van der Waals surface area contributed by atoms with Crippen molar-refractivity contribution in [2.24, 2.45) is 0 Å². The molecule has 10 heavy (non-hydrogen) atoms. The Morgan fingerprint density at radius 2 is 2.30 bits per heavy atom. The van der Waals surface area contributed by atoms with Gasteiger partial charge in [0.15, 0.2) is 6.07 Å². The Labute approximate surface area is 59.3 Å².